The summed E-state index contributed by atoms with van der Waals surface area (Å²) in [5.41, 5.74) is 22.4. The fourth-order valence-corrected chi connectivity index (χ4v) is 11.7. The van der Waals surface area contributed by atoms with Crippen molar-refractivity contribution in [3.63, 3.8) is 0 Å². The SMILES string of the molecule is c1ccc(-c2ccc(-c3ccccc3N(c3cccc(-c4ccc5oc6ccccc6c5c4)c3)c3cccc4c3-c3ccccc3C43c4ccccc4N(c4ccccc4)c4ccccc43)cc2)cc1. The Morgan fingerprint density at radius 3 is 1.64 bits per heavy atom. The van der Waals surface area contributed by atoms with Crippen molar-refractivity contribution in [2.45, 2.75) is 5.41 Å². The average molecular weight is 893 g/mol. The van der Waals surface area contributed by atoms with Gasteiger partial charge in [0, 0.05) is 33.3 Å². The van der Waals surface area contributed by atoms with Gasteiger partial charge in [-0.1, -0.05) is 200 Å². The minimum Gasteiger partial charge on any atom is -0.456 e. The number of para-hydroxylation sites is 5. The molecule has 12 aromatic rings. The largest absolute Gasteiger partial charge is 0.456 e. The molecule has 0 atom stereocenters. The Morgan fingerprint density at radius 2 is 0.857 bits per heavy atom. The molecule has 2 heterocycles. The normalized spacial score (nSPS) is 12.9. The molecule has 0 saturated heterocycles. The van der Waals surface area contributed by atoms with Gasteiger partial charge >= 0.3 is 0 Å². The van der Waals surface area contributed by atoms with Gasteiger partial charge in [-0.25, -0.2) is 0 Å². The van der Waals surface area contributed by atoms with Crippen molar-refractivity contribution in [3.8, 4) is 44.5 Å². The van der Waals surface area contributed by atoms with Gasteiger partial charge in [-0.05, 0) is 122 Å². The Kier molecular flexibility index (Phi) is 9.11. The Bertz CT molecular complexity index is 3920. The van der Waals surface area contributed by atoms with Crippen molar-refractivity contribution in [2.75, 3.05) is 9.80 Å². The standard InChI is InChI=1S/C67H44N2O/c1-3-19-45(20-4-1)46-37-39-47(40-38-46)52-25-8-13-32-60(52)69(51-24-17-21-48(43-51)49-41-42-65-55(44-49)53-26-9-16-36-64(53)70-65)63-35-18-31-59-66(63)54-27-7-10-28-56(54)67(59)57-29-11-14-33-61(57)68(50-22-5-2-6-23-50)62-34-15-12-30-58(62)67/h1-44H. The van der Waals surface area contributed by atoms with E-state index >= 15 is 0 Å². The summed E-state index contributed by atoms with van der Waals surface area (Å²) in [5.74, 6) is 0. The van der Waals surface area contributed by atoms with Gasteiger partial charge < -0.3 is 14.2 Å². The van der Waals surface area contributed by atoms with E-state index in [-0.39, 0.29) is 0 Å². The summed E-state index contributed by atoms with van der Waals surface area (Å²) in [5, 5.41) is 2.23. The minimum atomic E-state index is -0.608. The van der Waals surface area contributed by atoms with Crippen molar-refractivity contribution in [3.05, 3.63) is 289 Å². The molecule has 14 rings (SSSR count). The van der Waals surface area contributed by atoms with E-state index in [1.165, 1.54) is 55.9 Å². The zero-order chi connectivity index (χ0) is 46.2. The van der Waals surface area contributed by atoms with Crippen LogP contribution in [0, 0.1) is 0 Å². The predicted molar refractivity (Wildman–Crippen MR) is 290 cm³/mol. The zero-order valence-electron chi connectivity index (χ0n) is 38.2. The highest BCUT2D eigenvalue weighted by Gasteiger charge is 2.52. The van der Waals surface area contributed by atoms with E-state index in [1.807, 2.05) is 12.1 Å². The third kappa shape index (κ3) is 6.01. The lowest BCUT2D eigenvalue weighted by molar-refractivity contribution is 0.669. The Balaban J connectivity index is 1.02. The van der Waals surface area contributed by atoms with Crippen molar-refractivity contribution in [2.24, 2.45) is 0 Å². The second-order valence-electron chi connectivity index (χ2n) is 18.4. The topological polar surface area (TPSA) is 19.6 Å². The summed E-state index contributed by atoms with van der Waals surface area (Å²) >= 11 is 0. The van der Waals surface area contributed by atoms with E-state index in [4.69, 9.17) is 4.42 Å². The predicted octanol–water partition coefficient (Wildman–Crippen LogP) is 18.2. The van der Waals surface area contributed by atoms with E-state index in [2.05, 4.69) is 265 Å². The maximum Gasteiger partial charge on any atom is 0.135 e. The van der Waals surface area contributed by atoms with E-state index in [0.717, 1.165) is 66.9 Å². The van der Waals surface area contributed by atoms with Crippen molar-refractivity contribution in [1.29, 1.82) is 0 Å². The van der Waals surface area contributed by atoms with Crippen LogP contribution in [0.4, 0.5) is 34.1 Å². The fraction of sp³-hybridized carbons (Fsp3) is 0.0149. The summed E-state index contributed by atoms with van der Waals surface area (Å²) in [6.07, 6.45) is 0. The van der Waals surface area contributed by atoms with Crippen LogP contribution in [-0.4, -0.2) is 0 Å². The lowest BCUT2D eigenvalue weighted by Gasteiger charge is -2.45. The molecule has 1 aromatic heterocycles. The van der Waals surface area contributed by atoms with Gasteiger partial charge in [-0.2, -0.15) is 0 Å². The zero-order valence-corrected chi connectivity index (χ0v) is 38.2. The van der Waals surface area contributed by atoms with E-state index in [9.17, 15) is 0 Å². The smallest absolute Gasteiger partial charge is 0.135 e. The summed E-state index contributed by atoms with van der Waals surface area (Å²) < 4.78 is 6.29. The fourth-order valence-electron chi connectivity index (χ4n) is 11.7. The monoisotopic (exact) mass is 892 g/mol. The highest BCUT2D eigenvalue weighted by atomic mass is 16.3. The van der Waals surface area contributed by atoms with Crippen molar-refractivity contribution >= 4 is 56.1 Å². The molecule has 2 aliphatic rings. The third-order valence-corrected chi connectivity index (χ3v) is 14.7. The Labute approximate surface area is 407 Å². The highest BCUT2D eigenvalue weighted by molar-refractivity contribution is 6.07. The number of hydrogen-bond acceptors (Lipinski definition) is 3. The lowest BCUT2D eigenvalue weighted by Crippen LogP contribution is -2.36. The molecule has 0 saturated carbocycles. The van der Waals surface area contributed by atoms with Gasteiger partial charge in [0.1, 0.15) is 11.2 Å². The van der Waals surface area contributed by atoms with Crippen LogP contribution in [-0.2, 0) is 5.41 Å². The van der Waals surface area contributed by atoms with Crippen LogP contribution >= 0.6 is 0 Å². The first kappa shape index (κ1) is 39.9. The molecule has 1 spiro atoms. The van der Waals surface area contributed by atoms with Crippen LogP contribution < -0.4 is 9.80 Å². The van der Waals surface area contributed by atoms with Gasteiger partial charge in [0.2, 0.25) is 0 Å². The second kappa shape index (κ2) is 16.0. The third-order valence-electron chi connectivity index (χ3n) is 14.7. The van der Waals surface area contributed by atoms with Gasteiger partial charge in [0.05, 0.1) is 28.2 Å². The quantitative estimate of drug-likeness (QED) is 0.159. The molecule has 0 amide bonds. The van der Waals surface area contributed by atoms with E-state index in [1.54, 1.807) is 0 Å². The molecule has 1 aliphatic heterocycles. The molecule has 11 aromatic carbocycles. The van der Waals surface area contributed by atoms with Crippen LogP contribution in [0.5, 0.6) is 0 Å². The molecule has 1 aliphatic carbocycles. The number of anilines is 6. The summed E-state index contributed by atoms with van der Waals surface area (Å²) in [6.45, 7) is 0. The number of nitrogens with zero attached hydrogens (tertiary/aromatic N) is 2. The molecule has 328 valence electrons. The molecule has 3 nitrogen and oxygen atoms in total. The molecule has 3 heteroatoms. The van der Waals surface area contributed by atoms with Crippen LogP contribution in [0.15, 0.2) is 271 Å². The van der Waals surface area contributed by atoms with Gasteiger partial charge in [-0.15, -0.1) is 0 Å². The number of benzene rings is 11. The first-order chi connectivity index (χ1) is 34.7. The highest BCUT2D eigenvalue weighted by Crippen LogP contribution is 2.65. The Morgan fingerprint density at radius 1 is 0.329 bits per heavy atom. The van der Waals surface area contributed by atoms with Gasteiger partial charge in [0.25, 0.3) is 0 Å². The molecule has 0 fully saturated rings. The number of hydrogen-bond donors (Lipinski definition) is 0. The van der Waals surface area contributed by atoms with Crippen LogP contribution in [0.3, 0.4) is 0 Å². The Hall–Kier alpha value is -9.18. The lowest BCUT2D eigenvalue weighted by atomic mass is 9.64. The van der Waals surface area contributed by atoms with Gasteiger partial charge in [0.15, 0.2) is 0 Å². The molecule has 0 radical (unpaired) electrons. The minimum absolute atomic E-state index is 0.608. The van der Waals surface area contributed by atoms with Crippen molar-refractivity contribution < 1.29 is 4.42 Å². The molecule has 0 unspecified atom stereocenters. The van der Waals surface area contributed by atoms with Crippen LogP contribution in [0.25, 0.3) is 66.4 Å². The first-order valence-electron chi connectivity index (χ1n) is 24.1. The maximum absolute atomic E-state index is 6.29. The molecular weight excluding hydrogens is 849 g/mol. The number of rotatable bonds is 7. The number of fused-ring (bicyclic) bond motifs is 12. The summed E-state index contributed by atoms with van der Waals surface area (Å²) in [4.78, 5) is 4.96. The number of furan rings is 1. The average Bonchev–Trinajstić information content (AvgIpc) is 3.96. The van der Waals surface area contributed by atoms with E-state index < -0.39 is 5.41 Å². The van der Waals surface area contributed by atoms with E-state index in [0.29, 0.717) is 0 Å². The summed E-state index contributed by atoms with van der Waals surface area (Å²) in [7, 11) is 0. The van der Waals surface area contributed by atoms with Crippen LogP contribution in [0.2, 0.25) is 0 Å². The molecule has 70 heavy (non-hydrogen) atoms. The van der Waals surface area contributed by atoms with Crippen LogP contribution in [0.1, 0.15) is 22.3 Å². The second-order valence-corrected chi connectivity index (χ2v) is 18.4. The molecular formula is C67H44N2O. The summed E-state index contributed by atoms with van der Waals surface area (Å²) in [6, 6.07) is 97.5. The van der Waals surface area contributed by atoms with Crippen molar-refractivity contribution in [1.82, 2.24) is 0 Å². The maximum atomic E-state index is 6.29. The molecule has 0 N–H and O–H groups in total. The van der Waals surface area contributed by atoms with Gasteiger partial charge in [-0.3, -0.25) is 0 Å². The first-order valence-corrected chi connectivity index (χ1v) is 24.1. The molecule has 0 bridgehead atoms.